The van der Waals surface area contributed by atoms with Gasteiger partial charge in [0.2, 0.25) is 5.91 Å². The Labute approximate surface area is 74.4 Å². The molecule has 1 N–H and O–H groups in total. The number of carbonyl (C=O) groups excluding carboxylic acids is 1. The van der Waals surface area contributed by atoms with Crippen molar-refractivity contribution in [3.63, 3.8) is 0 Å². The minimum Gasteiger partial charge on any atom is -0.355 e. The summed E-state index contributed by atoms with van der Waals surface area (Å²) in [6, 6.07) is 0. The average Bonchev–Trinajstić information content (AvgIpc) is 2.00. The van der Waals surface area contributed by atoms with Crippen LogP contribution < -0.4 is 5.32 Å². The van der Waals surface area contributed by atoms with Gasteiger partial charge in [-0.05, 0) is 13.5 Å². The van der Waals surface area contributed by atoms with E-state index in [1.807, 2.05) is 13.1 Å². The van der Waals surface area contributed by atoms with Gasteiger partial charge >= 0.3 is 0 Å². The first-order chi connectivity index (χ1) is 5.66. The number of amides is 1. The molecule has 0 aliphatic heterocycles. The van der Waals surface area contributed by atoms with Gasteiger partial charge in [-0.1, -0.05) is 6.08 Å². The molecule has 3 nitrogen and oxygen atoms in total. The van der Waals surface area contributed by atoms with Crippen molar-refractivity contribution in [1.29, 1.82) is 0 Å². The van der Waals surface area contributed by atoms with Crippen LogP contribution in [0.5, 0.6) is 0 Å². The summed E-state index contributed by atoms with van der Waals surface area (Å²) in [5.74, 6) is 0.0344. The Morgan fingerprint density at radius 2 is 2.25 bits per heavy atom. The highest BCUT2D eigenvalue weighted by Crippen LogP contribution is 1.86. The van der Waals surface area contributed by atoms with Crippen LogP contribution in [0.15, 0.2) is 12.7 Å². The van der Waals surface area contributed by atoms with Gasteiger partial charge in [0.05, 0.1) is 0 Å². The van der Waals surface area contributed by atoms with Crippen LogP contribution >= 0.6 is 0 Å². The zero-order valence-corrected chi connectivity index (χ0v) is 7.97. The van der Waals surface area contributed by atoms with Gasteiger partial charge in [-0.15, -0.1) is 6.58 Å². The molecule has 70 valence electrons. The molecule has 0 rings (SSSR count). The minimum atomic E-state index is 0.0344. The molecule has 0 aromatic carbocycles. The van der Waals surface area contributed by atoms with Gasteiger partial charge in [-0.25, -0.2) is 0 Å². The van der Waals surface area contributed by atoms with Crippen LogP contribution in [0.4, 0.5) is 0 Å². The van der Waals surface area contributed by atoms with Gasteiger partial charge in [0.1, 0.15) is 0 Å². The summed E-state index contributed by atoms with van der Waals surface area (Å²) in [4.78, 5) is 12.7. The molecule has 3 heteroatoms. The molecule has 0 unspecified atom stereocenters. The molecule has 0 saturated heterocycles. The quantitative estimate of drug-likeness (QED) is 0.593. The second-order valence-corrected chi connectivity index (χ2v) is 2.86. The van der Waals surface area contributed by atoms with Crippen molar-refractivity contribution in [2.75, 3.05) is 26.7 Å². The molecule has 12 heavy (non-hydrogen) atoms. The number of carbonyl (C=O) groups is 1. The SMILES string of the molecule is C=CCCN(C)CCNC(C)=O. The molecule has 0 bridgehead atoms. The molecule has 0 aliphatic carbocycles. The van der Waals surface area contributed by atoms with Gasteiger partial charge in [0, 0.05) is 26.6 Å². The molecule has 0 atom stereocenters. The van der Waals surface area contributed by atoms with E-state index in [0.29, 0.717) is 0 Å². The number of nitrogens with one attached hydrogen (secondary N) is 1. The van der Waals surface area contributed by atoms with Gasteiger partial charge in [-0.3, -0.25) is 4.79 Å². The minimum absolute atomic E-state index is 0.0344. The summed E-state index contributed by atoms with van der Waals surface area (Å²) >= 11 is 0. The first-order valence-electron chi connectivity index (χ1n) is 4.20. The van der Waals surface area contributed by atoms with E-state index >= 15 is 0 Å². The number of rotatable bonds is 6. The van der Waals surface area contributed by atoms with Gasteiger partial charge < -0.3 is 10.2 Å². The van der Waals surface area contributed by atoms with Crippen LogP contribution in [0.2, 0.25) is 0 Å². The van der Waals surface area contributed by atoms with Crippen molar-refractivity contribution in [2.24, 2.45) is 0 Å². The predicted molar refractivity (Wildman–Crippen MR) is 51.0 cm³/mol. The Kier molecular flexibility index (Phi) is 6.38. The van der Waals surface area contributed by atoms with Gasteiger partial charge in [-0.2, -0.15) is 0 Å². The molecule has 0 radical (unpaired) electrons. The zero-order valence-electron chi connectivity index (χ0n) is 7.97. The number of hydrogen-bond acceptors (Lipinski definition) is 2. The summed E-state index contributed by atoms with van der Waals surface area (Å²) in [6.07, 6.45) is 2.89. The van der Waals surface area contributed by atoms with Gasteiger partial charge in [0.25, 0.3) is 0 Å². The topological polar surface area (TPSA) is 32.3 Å². The second-order valence-electron chi connectivity index (χ2n) is 2.86. The van der Waals surface area contributed by atoms with E-state index in [4.69, 9.17) is 0 Å². The summed E-state index contributed by atoms with van der Waals surface area (Å²) in [6.45, 7) is 7.80. The Balaban J connectivity index is 3.24. The van der Waals surface area contributed by atoms with E-state index in [2.05, 4.69) is 16.8 Å². The molecule has 0 fully saturated rings. The van der Waals surface area contributed by atoms with Crippen molar-refractivity contribution in [3.05, 3.63) is 12.7 Å². The molecular weight excluding hydrogens is 152 g/mol. The molecule has 1 amide bonds. The molecule has 0 spiro atoms. The highest BCUT2D eigenvalue weighted by atomic mass is 16.1. The normalized spacial score (nSPS) is 9.92. The van der Waals surface area contributed by atoms with Crippen LogP contribution in [0.25, 0.3) is 0 Å². The summed E-state index contributed by atoms with van der Waals surface area (Å²) in [5.41, 5.74) is 0. The van der Waals surface area contributed by atoms with Crippen LogP contribution in [0, 0.1) is 0 Å². The maximum Gasteiger partial charge on any atom is 0.216 e. The lowest BCUT2D eigenvalue weighted by Crippen LogP contribution is -2.31. The standard InChI is InChI=1S/C9H18N2O/c1-4-5-7-11(3)8-6-10-9(2)12/h4H,1,5-8H2,2-3H3,(H,10,12). The lowest BCUT2D eigenvalue weighted by Gasteiger charge is -2.14. The third kappa shape index (κ3) is 7.28. The molecule has 0 heterocycles. The van der Waals surface area contributed by atoms with E-state index in [0.717, 1.165) is 26.1 Å². The van der Waals surface area contributed by atoms with E-state index in [9.17, 15) is 4.79 Å². The summed E-state index contributed by atoms with van der Waals surface area (Å²) in [5, 5.41) is 2.75. The number of nitrogens with zero attached hydrogens (tertiary/aromatic N) is 1. The van der Waals surface area contributed by atoms with Crippen LogP contribution in [0.1, 0.15) is 13.3 Å². The van der Waals surface area contributed by atoms with Crippen LogP contribution in [0.3, 0.4) is 0 Å². The lowest BCUT2D eigenvalue weighted by molar-refractivity contribution is -0.118. The van der Waals surface area contributed by atoms with Gasteiger partial charge in [0.15, 0.2) is 0 Å². The third-order valence-electron chi connectivity index (χ3n) is 1.58. The molecular formula is C9H18N2O. The fourth-order valence-corrected chi connectivity index (χ4v) is 0.846. The molecule has 0 aromatic heterocycles. The fraction of sp³-hybridized carbons (Fsp3) is 0.667. The third-order valence-corrected chi connectivity index (χ3v) is 1.58. The summed E-state index contributed by atoms with van der Waals surface area (Å²) in [7, 11) is 2.03. The van der Waals surface area contributed by atoms with Crippen molar-refractivity contribution in [3.8, 4) is 0 Å². The Morgan fingerprint density at radius 3 is 2.75 bits per heavy atom. The summed E-state index contributed by atoms with van der Waals surface area (Å²) < 4.78 is 0. The van der Waals surface area contributed by atoms with Crippen LogP contribution in [-0.4, -0.2) is 37.5 Å². The molecule has 0 aliphatic rings. The first-order valence-corrected chi connectivity index (χ1v) is 4.20. The van der Waals surface area contributed by atoms with Crippen molar-refractivity contribution >= 4 is 5.91 Å². The largest absolute Gasteiger partial charge is 0.355 e. The van der Waals surface area contributed by atoms with E-state index in [1.54, 1.807) is 0 Å². The van der Waals surface area contributed by atoms with E-state index in [-0.39, 0.29) is 5.91 Å². The first kappa shape index (κ1) is 11.2. The number of hydrogen-bond donors (Lipinski definition) is 1. The average molecular weight is 170 g/mol. The lowest BCUT2D eigenvalue weighted by atomic mass is 10.4. The maximum atomic E-state index is 10.5. The highest BCUT2D eigenvalue weighted by Gasteiger charge is 1.96. The van der Waals surface area contributed by atoms with E-state index < -0.39 is 0 Å². The maximum absolute atomic E-state index is 10.5. The van der Waals surface area contributed by atoms with Crippen LogP contribution in [-0.2, 0) is 4.79 Å². The molecule has 0 aromatic rings. The Morgan fingerprint density at radius 1 is 1.58 bits per heavy atom. The highest BCUT2D eigenvalue weighted by molar-refractivity contribution is 5.72. The van der Waals surface area contributed by atoms with Crippen molar-refractivity contribution in [1.82, 2.24) is 10.2 Å². The predicted octanol–water partition coefficient (Wildman–Crippen LogP) is 0.630. The molecule has 0 saturated carbocycles. The monoisotopic (exact) mass is 170 g/mol. The number of likely N-dealkylation sites (N-methyl/N-ethyl adjacent to an activating group) is 1. The Hall–Kier alpha value is -0.830. The smallest absolute Gasteiger partial charge is 0.216 e. The fourth-order valence-electron chi connectivity index (χ4n) is 0.846. The van der Waals surface area contributed by atoms with Crippen molar-refractivity contribution < 1.29 is 4.79 Å². The zero-order chi connectivity index (χ0) is 9.40. The van der Waals surface area contributed by atoms with E-state index in [1.165, 1.54) is 6.92 Å². The van der Waals surface area contributed by atoms with Crippen molar-refractivity contribution in [2.45, 2.75) is 13.3 Å². The second kappa shape index (κ2) is 6.85. The Bertz CT molecular complexity index is 145.